The lowest BCUT2D eigenvalue weighted by atomic mass is 10.2. The molecule has 0 bridgehead atoms. The maximum atomic E-state index is 12.9. The molecule has 16 heavy (non-hydrogen) atoms. The fourth-order valence-corrected chi connectivity index (χ4v) is 1.40. The van der Waals surface area contributed by atoms with Crippen molar-refractivity contribution in [1.29, 1.82) is 0 Å². The maximum Gasteiger partial charge on any atom is 0.255 e. The van der Waals surface area contributed by atoms with E-state index >= 15 is 0 Å². The van der Waals surface area contributed by atoms with E-state index in [4.69, 9.17) is 5.73 Å². The summed E-state index contributed by atoms with van der Waals surface area (Å²) in [4.78, 5) is 17.2. The van der Waals surface area contributed by atoms with Crippen LogP contribution in [0.5, 0.6) is 0 Å². The summed E-state index contributed by atoms with van der Waals surface area (Å²) in [6, 6.07) is 1.19. The Bertz CT molecular complexity index is 357. The molecule has 5 heteroatoms. The zero-order valence-corrected chi connectivity index (χ0v) is 9.32. The van der Waals surface area contributed by atoms with Gasteiger partial charge in [-0.15, -0.1) is 0 Å². The molecule has 0 saturated heterocycles. The van der Waals surface area contributed by atoms with Crippen LogP contribution in [0.15, 0.2) is 18.5 Å². The lowest BCUT2D eigenvalue weighted by molar-refractivity contribution is 0.0762. The van der Waals surface area contributed by atoms with E-state index in [1.165, 1.54) is 12.3 Å². The number of hydrogen-bond donors (Lipinski definition) is 1. The summed E-state index contributed by atoms with van der Waals surface area (Å²) in [6.45, 7) is 3.57. The van der Waals surface area contributed by atoms with Gasteiger partial charge in [0.2, 0.25) is 0 Å². The van der Waals surface area contributed by atoms with Gasteiger partial charge in [0.05, 0.1) is 11.8 Å². The fourth-order valence-electron chi connectivity index (χ4n) is 1.40. The van der Waals surface area contributed by atoms with Crippen molar-refractivity contribution in [2.45, 2.75) is 13.3 Å². The third-order valence-electron chi connectivity index (χ3n) is 2.25. The fraction of sp³-hybridized carbons (Fsp3) is 0.455. The normalized spacial score (nSPS) is 10.2. The summed E-state index contributed by atoms with van der Waals surface area (Å²) < 4.78 is 12.9. The van der Waals surface area contributed by atoms with Crippen LogP contribution in [0.2, 0.25) is 0 Å². The molecule has 88 valence electrons. The summed E-state index contributed by atoms with van der Waals surface area (Å²) >= 11 is 0. The third-order valence-corrected chi connectivity index (χ3v) is 2.25. The summed E-state index contributed by atoms with van der Waals surface area (Å²) in [5.74, 6) is -0.705. The Hall–Kier alpha value is -1.49. The highest BCUT2D eigenvalue weighted by atomic mass is 19.1. The first-order chi connectivity index (χ1) is 7.69. The first-order valence-electron chi connectivity index (χ1n) is 5.29. The van der Waals surface area contributed by atoms with Crippen molar-refractivity contribution in [1.82, 2.24) is 9.88 Å². The minimum atomic E-state index is -0.499. The molecule has 0 aromatic carbocycles. The highest BCUT2D eigenvalue weighted by Crippen LogP contribution is 2.06. The molecule has 1 amide bonds. The second-order valence-electron chi connectivity index (χ2n) is 3.42. The molecular weight excluding hydrogens is 209 g/mol. The average Bonchev–Trinajstić information content (AvgIpc) is 2.29. The third kappa shape index (κ3) is 3.27. The molecule has 0 aliphatic carbocycles. The molecular formula is C11H16FN3O. The van der Waals surface area contributed by atoms with E-state index in [9.17, 15) is 9.18 Å². The molecule has 0 unspecified atom stereocenters. The summed E-state index contributed by atoms with van der Waals surface area (Å²) in [5, 5.41) is 0. The van der Waals surface area contributed by atoms with Crippen LogP contribution in [0.25, 0.3) is 0 Å². The molecule has 1 aromatic heterocycles. The summed E-state index contributed by atoms with van der Waals surface area (Å²) in [5.41, 5.74) is 5.66. The van der Waals surface area contributed by atoms with Crippen LogP contribution in [0.1, 0.15) is 23.7 Å². The van der Waals surface area contributed by atoms with Crippen LogP contribution in [-0.2, 0) is 0 Å². The lowest BCUT2D eigenvalue weighted by Gasteiger charge is -2.20. The Morgan fingerprint density at radius 1 is 1.56 bits per heavy atom. The summed E-state index contributed by atoms with van der Waals surface area (Å²) in [7, 11) is 0. The van der Waals surface area contributed by atoms with Crippen LogP contribution in [-0.4, -0.2) is 35.4 Å². The molecule has 0 spiro atoms. The first kappa shape index (κ1) is 12.6. The van der Waals surface area contributed by atoms with E-state index in [1.54, 1.807) is 4.90 Å². The van der Waals surface area contributed by atoms with E-state index in [0.29, 0.717) is 19.6 Å². The Labute approximate surface area is 94.3 Å². The average molecular weight is 225 g/mol. The zero-order chi connectivity index (χ0) is 12.0. The number of hydrogen-bond acceptors (Lipinski definition) is 3. The number of nitrogens with two attached hydrogens (primary N) is 1. The quantitative estimate of drug-likeness (QED) is 0.814. The number of carbonyl (C=O) groups is 1. The second-order valence-corrected chi connectivity index (χ2v) is 3.42. The van der Waals surface area contributed by atoms with Crippen molar-refractivity contribution in [3.63, 3.8) is 0 Å². The smallest absolute Gasteiger partial charge is 0.255 e. The minimum absolute atomic E-state index is 0.206. The molecule has 0 fully saturated rings. The highest BCUT2D eigenvalue weighted by Gasteiger charge is 2.14. The van der Waals surface area contributed by atoms with E-state index in [-0.39, 0.29) is 11.5 Å². The number of aromatic nitrogens is 1. The molecule has 0 aliphatic rings. The van der Waals surface area contributed by atoms with Crippen molar-refractivity contribution >= 4 is 5.91 Å². The van der Waals surface area contributed by atoms with E-state index in [2.05, 4.69) is 4.98 Å². The number of pyridine rings is 1. The molecule has 2 N–H and O–H groups in total. The predicted octanol–water partition coefficient (Wildman–Crippen LogP) is 1.03. The topological polar surface area (TPSA) is 59.2 Å². The SMILES string of the molecule is CCN(CCCN)C(=O)c1cncc(F)c1. The van der Waals surface area contributed by atoms with Crippen LogP contribution in [0.3, 0.4) is 0 Å². The van der Waals surface area contributed by atoms with Gasteiger partial charge in [0, 0.05) is 19.3 Å². The first-order valence-corrected chi connectivity index (χ1v) is 5.29. The molecule has 0 saturated carbocycles. The standard InChI is InChI=1S/C11H16FN3O/c1-2-15(5-3-4-13)11(16)9-6-10(12)8-14-7-9/h6-8H,2-5,13H2,1H3. The Balaban J connectivity index is 2.74. The zero-order valence-electron chi connectivity index (χ0n) is 9.32. The molecule has 4 nitrogen and oxygen atoms in total. The van der Waals surface area contributed by atoms with Crippen LogP contribution < -0.4 is 5.73 Å². The van der Waals surface area contributed by atoms with Crippen LogP contribution in [0, 0.1) is 5.82 Å². The Kier molecular flexibility index (Phi) is 4.85. The monoisotopic (exact) mass is 225 g/mol. The Morgan fingerprint density at radius 3 is 2.88 bits per heavy atom. The van der Waals surface area contributed by atoms with Gasteiger partial charge in [-0.1, -0.05) is 0 Å². The van der Waals surface area contributed by atoms with Gasteiger partial charge in [-0.3, -0.25) is 9.78 Å². The molecule has 1 rings (SSSR count). The minimum Gasteiger partial charge on any atom is -0.339 e. The van der Waals surface area contributed by atoms with E-state index in [0.717, 1.165) is 12.6 Å². The largest absolute Gasteiger partial charge is 0.339 e. The van der Waals surface area contributed by atoms with Crippen LogP contribution in [0.4, 0.5) is 4.39 Å². The van der Waals surface area contributed by atoms with Gasteiger partial charge in [0.15, 0.2) is 0 Å². The van der Waals surface area contributed by atoms with Crippen molar-refractivity contribution in [2.75, 3.05) is 19.6 Å². The van der Waals surface area contributed by atoms with Gasteiger partial charge in [-0.2, -0.15) is 0 Å². The number of halogens is 1. The summed E-state index contributed by atoms with van der Waals surface area (Å²) in [6.07, 6.45) is 3.19. The van der Waals surface area contributed by atoms with Gasteiger partial charge in [-0.25, -0.2) is 4.39 Å². The van der Waals surface area contributed by atoms with Gasteiger partial charge >= 0.3 is 0 Å². The van der Waals surface area contributed by atoms with Gasteiger partial charge in [-0.05, 0) is 26.0 Å². The van der Waals surface area contributed by atoms with Crippen molar-refractivity contribution in [3.05, 3.63) is 29.8 Å². The van der Waals surface area contributed by atoms with Crippen molar-refractivity contribution in [3.8, 4) is 0 Å². The number of nitrogens with zero attached hydrogens (tertiary/aromatic N) is 2. The molecule has 0 aliphatic heterocycles. The molecule has 1 aromatic rings. The molecule has 0 radical (unpaired) electrons. The van der Waals surface area contributed by atoms with Crippen molar-refractivity contribution in [2.24, 2.45) is 5.73 Å². The van der Waals surface area contributed by atoms with Gasteiger partial charge in [0.1, 0.15) is 5.82 Å². The van der Waals surface area contributed by atoms with E-state index in [1.807, 2.05) is 6.92 Å². The van der Waals surface area contributed by atoms with Crippen LogP contribution >= 0.6 is 0 Å². The van der Waals surface area contributed by atoms with Gasteiger partial charge < -0.3 is 10.6 Å². The highest BCUT2D eigenvalue weighted by molar-refractivity contribution is 5.93. The number of rotatable bonds is 5. The Morgan fingerprint density at radius 2 is 2.31 bits per heavy atom. The number of amides is 1. The van der Waals surface area contributed by atoms with E-state index < -0.39 is 5.82 Å². The maximum absolute atomic E-state index is 12.9. The van der Waals surface area contributed by atoms with Crippen molar-refractivity contribution < 1.29 is 9.18 Å². The number of carbonyl (C=O) groups excluding carboxylic acids is 1. The molecule has 1 heterocycles. The van der Waals surface area contributed by atoms with Gasteiger partial charge in [0.25, 0.3) is 5.91 Å². The molecule has 0 atom stereocenters. The second kappa shape index (κ2) is 6.17. The lowest BCUT2D eigenvalue weighted by Crippen LogP contribution is -2.32. The predicted molar refractivity (Wildman–Crippen MR) is 59.4 cm³/mol.